The normalized spacial score (nSPS) is 47.6. The monoisotopic (exact) mass is 392 g/mol. The van der Waals surface area contributed by atoms with E-state index in [1.54, 1.807) is 0 Å². The Morgan fingerprint density at radius 3 is 1.36 bits per heavy atom. The van der Waals surface area contributed by atoms with E-state index in [1.165, 1.54) is 113 Å². The van der Waals surface area contributed by atoms with Crippen LogP contribution in [0.1, 0.15) is 66.2 Å². The van der Waals surface area contributed by atoms with Gasteiger partial charge in [0.2, 0.25) is 0 Å². The van der Waals surface area contributed by atoms with E-state index in [-0.39, 0.29) is 0 Å². The van der Waals surface area contributed by atoms with E-state index in [0.29, 0.717) is 0 Å². The van der Waals surface area contributed by atoms with Crippen LogP contribution in [0.25, 0.3) is 0 Å². The molecule has 0 aromatic carbocycles. The van der Waals surface area contributed by atoms with Gasteiger partial charge in [0, 0.05) is 13.1 Å². The molecule has 6 rings (SSSR count). The van der Waals surface area contributed by atoms with Gasteiger partial charge < -0.3 is 8.97 Å². The van der Waals surface area contributed by atoms with Crippen molar-refractivity contribution in [2.24, 2.45) is 0 Å². The summed E-state index contributed by atoms with van der Waals surface area (Å²) in [7, 11) is 0. The molecule has 6 heterocycles. The second-order valence-corrected chi connectivity index (χ2v) is 11.2. The molecule has 0 spiro atoms. The van der Waals surface area contributed by atoms with Gasteiger partial charge in [-0.2, -0.15) is 0 Å². The molecule has 0 amide bonds. The molecule has 6 saturated heterocycles. The topological polar surface area (TPSA) is 6.48 Å². The van der Waals surface area contributed by atoms with Crippen molar-refractivity contribution < 1.29 is 8.97 Å². The van der Waals surface area contributed by atoms with Crippen LogP contribution in [-0.4, -0.2) is 108 Å². The van der Waals surface area contributed by atoms with Crippen LogP contribution in [0.2, 0.25) is 0 Å². The molecule has 8 atom stereocenters. The van der Waals surface area contributed by atoms with Crippen molar-refractivity contribution >= 4 is 0 Å². The first kappa shape index (κ1) is 21.1. The average Bonchev–Trinajstić information content (AvgIpc) is 2.67. The number of piperazine rings is 6. The minimum absolute atomic E-state index is 0.819. The Morgan fingerprint density at radius 1 is 0.607 bits per heavy atom. The lowest BCUT2D eigenvalue weighted by Crippen LogP contribution is -2.74. The van der Waals surface area contributed by atoms with E-state index < -0.39 is 0 Å². The maximum atomic E-state index is 2.72. The molecule has 6 fully saturated rings. The molecular weight excluding hydrogens is 344 g/mol. The minimum Gasteiger partial charge on any atom is -0.318 e. The van der Waals surface area contributed by atoms with E-state index in [9.17, 15) is 0 Å². The van der Waals surface area contributed by atoms with Crippen molar-refractivity contribution in [3.63, 3.8) is 0 Å². The third-order valence-electron chi connectivity index (χ3n) is 9.49. The summed E-state index contributed by atoms with van der Waals surface area (Å²) in [6.45, 7) is 23.9. The zero-order valence-corrected chi connectivity index (χ0v) is 19.4. The Balaban J connectivity index is 1.10. The van der Waals surface area contributed by atoms with E-state index in [2.05, 4.69) is 37.5 Å². The van der Waals surface area contributed by atoms with Crippen LogP contribution in [0.3, 0.4) is 0 Å². The van der Waals surface area contributed by atoms with Gasteiger partial charge in [-0.3, -0.25) is 9.80 Å². The first-order chi connectivity index (χ1) is 13.4. The summed E-state index contributed by atoms with van der Waals surface area (Å²) in [5.41, 5.74) is 0. The standard InChI is InChI=1S/C24H48N4/c1-21-19-27(15-11-25(21)17-23(27)3)13-9-7-5-6-8-10-14-28-16-12-26(18-24(28)4)22(2)20-28/h21-24H,5-20H2,1-4H3/q+2. The second-order valence-electron chi connectivity index (χ2n) is 11.2. The third kappa shape index (κ3) is 4.04. The lowest BCUT2D eigenvalue weighted by molar-refractivity contribution is -0.965. The van der Waals surface area contributed by atoms with E-state index in [0.717, 1.165) is 24.2 Å². The smallest absolute Gasteiger partial charge is 0.0991 e. The summed E-state index contributed by atoms with van der Waals surface area (Å²) in [5.74, 6) is 0. The highest BCUT2D eigenvalue weighted by Gasteiger charge is 2.47. The maximum absolute atomic E-state index is 2.72. The predicted molar refractivity (Wildman–Crippen MR) is 118 cm³/mol. The molecule has 162 valence electrons. The highest BCUT2D eigenvalue weighted by molar-refractivity contribution is 4.83. The minimum atomic E-state index is 0.819. The molecule has 0 radical (unpaired) electrons. The zero-order valence-electron chi connectivity index (χ0n) is 19.4. The van der Waals surface area contributed by atoms with Gasteiger partial charge in [-0.25, -0.2) is 0 Å². The molecule has 0 N–H and O–H groups in total. The molecule has 28 heavy (non-hydrogen) atoms. The SMILES string of the molecule is CC1C[N+]2(CCCCCCCC[N+]34CCN(CC3C)C(C)C4)CCN1CC2C. The highest BCUT2D eigenvalue weighted by Crippen LogP contribution is 2.31. The highest BCUT2D eigenvalue weighted by atomic mass is 15.5. The third-order valence-corrected chi connectivity index (χ3v) is 9.49. The number of unbranched alkanes of at least 4 members (excludes halogenated alkanes) is 5. The summed E-state index contributed by atoms with van der Waals surface area (Å²) >= 11 is 0. The van der Waals surface area contributed by atoms with Crippen LogP contribution >= 0.6 is 0 Å². The number of fused-ring (bicyclic) bond motifs is 6. The van der Waals surface area contributed by atoms with E-state index >= 15 is 0 Å². The number of hydrogen-bond acceptors (Lipinski definition) is 2. The Labute approximate surface area is 175 Å². The lowest BCUT2D eigenvalue weighted by atomic mass is 9.97. The van der Waals surface area contributed by atoms with Gasteiger partial charge >= 0.3 is 0 Å². The summed E-state index contributed by atoms with van der Waals surface area (Å²) in [5, 5.41) is 0. The lowest BCUT2D eigenvalue weighted by Gasteiger charge is -2.57. The quantitative estimate of drug-likeness (QED) is 0.439. The Hall–Kier alpha value is -0.160. The predicted octanol–water partition coefficient (Wildman–Crippen LogP) is 3.17. The Morgan fingerprint density at radius 2 is 1.00 bits per heavy atom. The number of rotatable bonds is 9. The van der Waals surface area contributed by atoms with Crippen LogP contribution in [0.4, 0.5) is 0 Å². The number of quaternary nitrogens is 2. The molecule has 0 aromatic rings. The van der Waals surface area contributed by atoms with Crippen molar-refractivity contribution in [2.45, 2.75) is 90.4 Å². The zero-order chi connectivity index (χ0) is 19.8. The van der Waals surface area contributed by atoms with Crippen LogP contribution < -0.4 is 0 Å². The second kappa shape index (κ2) is 8.53. The first-order valence-electron chi connectivity index (χ1n) is 12.6. The maximum Gasteiger partial charge on any atom is 0.0991 e. The first-order valence-corrected chi connectivity index (χ1v) is 12.6. The van der Waals surface area contributed by atoms with Crippen molar-refractivity contribution in [2.75, 3.05) is 65.4 Å². The molecule has 0 saturated carbocycles. The fraction of sp³-hybridized carbons (Fsp3) is 1.00. The Bertz CT molecular complexity index is 479. The summed E-state index contributed by atoms with van der Waals surface area (Å²) in [4.78, 5) is 5.45. The van der Waals surface area contributed by atoms with E-state index in [4.69, 9.17) is 0 Å². The molecule has 6 aliphatic rings. The van der Waals surface area contributed by atoms with Crippen molar-refractivity contribution in [1.29, 1.82) is 0 Å². The van der Waals surface area contributed by atoms with Crippen LogP contribution in [0, 0.1) is 0 Å². The van der Waals surface area contributed by atoms with Crippen molar-refractivity contribution in [3.8, 4) is 0 Å². The molecule has 0 aliphatic carbocycles. The molecular formula is C24H48N4+2. The van der Waals surface area contributed by atoms with Crippen molar-refractivity contribution in [3.05, 3.63) is 0 Å². The van der Waals surface area contributed by atoms with E-state index in [1.807, 2.05) is 0 Å². The molecule has 4 bridgehead atoms. The van der Waals surface area contributed by atoms with Crippen molar-refractivity contribution in [1.82, 2.24) is 9.80 Å². The van der Waals surface area contributed by atoms with Gasteiger partial charge in [0.25, 0.3) is 0 Å². The van der Waals surface area contributed by atoms with Gasteiger partial charge in [0.1, 0.15) is 0 Å². The van der Waals surface area contributed by atoms with Gasteiger partial charge in [-0.1, -0.05) is 12.8 Å². The van der Waals surface area contributed by atoms with Crippen LogP contribution in [-0.2, 0) is 0 Å². The Kier molecular flexibility index (Phi) is 6.42. The van der Waals surface area contributed by atoms with Gasteiger partial charge in [-0.05, 0) is 53.4 Å². The molecule has 0 aromatic heterocycles. The molecule has 8 unspecified atom stereocenters. The molecule has 6 aliphatic heterocycles. The van der Waals surface area contributed by atoms with Crippen LogP contribution in [0.15, 0.2) is 0 Å². The average molecular weight is 393 g/mol. The van der Waals surface area contributed by atoms with Crippen LogP contribution in [0.5, 0.6) is 0 Å². The fourth-order valence-electron chi connectivity index (χ4n) is 7.34. The summed E-state index contributed by atoms with van der Waals surface area (Å²) < 4.78 is 2.87. The number of hydrogen-bond donors (Lipinski definition) is 0. The van der Waals surface area contributed by atoms with Gasteiger partial charge in [0.15, 0.2) is 0 Å². The fourth-order valence-corrected chi connectivity index (χ4v) is 7.34. The molecule has 4 heteroatoms. The number of nitrogens with zero attached hydrogens (tertiary/aromatic N) is 4. The molecule has 4 nitrogen and oxygen atoms in total. The summed E-state index contributed by atoms with van der Waals surface area (Å²) in [6, 6.07) is 3.37. The largest absolute Gasteiger partial charge is 0.318 e. The summed E-state index contributed by atoms with van der Waals surface area (Å²) in [6.07, 6.45) is 8.79. The van der Waals surface area contributed by atoms with Gasteiger partial charge in [0.05, 0.1) is 76.5 Å². The van der Waals surface area contributed by atoms with Gasteiger partial charge in [-0.15, -0.1) is 0 Å².